The van der Waals surface area contributed by atoms with Gasteiger partial charge in [0.05, 0.1) is 18.3 Å². The van der Waals surface area contributed by atoms with E-state index in [-0.39, 0.29) is 11.6 Å². The Morgan fingerprint density at radius 2 is 2.18 bits per heavy atom. The van der Waals surface area contributed by atoms with E-state index in [9.17, 15) is 10.1 Å². The molecule has 0 aromatic carbocycles. The standard InChI is InChI=1S/C14H16N4O4/c19-15-8-10-9-17(11-4-2-1-3-5-11)16-14(10)12-6-7-13(22-12)18(20)21/h6-9,11,19H,1-5H2. The molecule has 116 valence electrons. The third-order valence-corrected chi connectivity index (χ3v) is 3.91. The molecule has 1 fully saturated rings. The monoisotopic (exact) mass is 304 g/mol. The molecule has 3 rings (SSSR count). The SMILES string of the molecule is O=[N+]([O-])c1ccc(-c2nn(C3CCCCC3)cc2C=NO)o1. The van der Waals surface area contributed by atoms with Gasteiger partial charge in [0.1, 0.15) is 10.6 Å². The number of oxime groups is 1. The fourth-order valence-corrected chi connectivity index (χ4v) is 2.84. The quantitative estimate of drug-likeness (QED) is 0.403. The molecule has 8 nitrogen and oxygen atoms in total. The van der Waals surface area contributed by atoms with Crippen molar-refractivity contribution in [1.82, 2.24) is 9.78 Å². The molecule has 2 aromatic rings. The van der Waals surface area contributed by atoms with Crippen LogP contribution >= 0.6 is 0 Å². The fourth-order valence-electron chi connectivity index (χ4n) is 2.84. The van der Waals surface area contributed by atoms with Crippen molar-refractivity contribution in [3.05, 3.63) is 34.0 Å². The Labute approximate surface area is 126 Å². The Morgan fingerprint density at radius 3 is 2.82 bits per heavy atom. The lowest BCUT2D eigenvalue weighted by molar-refractivity contribution is -0.401. The topological polar surface area (TPSA) is 107 Å². The van der Waals surface area contributed by atoms with Crippen molar-refractivity contribution < 1.29 is 14.5 Å². The molecule has 0 unspecified atom stereocenters. The highest BCUT2D eigenvalue weighted by Crippen LogP contribution is 2.31. The Balaban J connectivity index is 1.97. The first-order valence-corrected chi connectivity index (χ1v) is 7.20. The molecule has 1 aliphatic rings. The smallest absolute Gasteiger partial charge is 0.411 e. The molecular formula is C14H16N4O4. The summed E-state index contributed by atoms with van der Waals surface area (Å²) >= 11 is 0. The molecule has 1 aliphatic carbocycles. The van der Waals surface area contributed by atoms with Gasteiger partial charge in [-0.25, -0.2) is 0 Å². The molecule has 0 spiro atoms. The van der Waals surface area contributed by atoms with E-state index in [1.165, 1.54) is 24.8 Å². The van der Waals surface area contributed by atoms with Crippen molar-refractivity contribution in [1.29, 1.82) is 0 Å². The highest BCUT2D eigenvalue weighted by atomic mass is 16.6. The number of nitro groups is 1. The molecule has 0 radical (unpaired) electrons. The van der Waals surface area contributed by atoms with E-state index in [1.807, 2.05) is 4.68 Å². The summed E-state index contributed by atoms with van der Waals surface area (Å²) in [6.07, 6.45) is 8.71. The van der Waals surface area contributed by atoms with E-state index < -0.39 is 4.92 Å². The maximum atomic E-state index is 10.7. The number of rotatable bonds is 4. The zero-order valence-corrected chi connectivity index (χ0v) is 11.9. The third kappa shape index (κ3) is 2.72. The average Bonchev–Trinajstić information content (AvgIpc) is 3.15. The molecule has 1 saturated carbocycles. The van der Waals surface area contributed by atoms with Crippen LogP contribution in [0, 0.1) is 10.1 Å². The summed E-state index contributed by atoms with van der Waals surface area (Å²) in [5.41, 5.74) is 1.01. The van der Waals surface area contributed by atoms with E-state index in [0.717, 1.165) is 25.7 Å². The predicted octanol–water partition coefficient (Wildman–Crippen LogP) is 3.36. The van der Waals surface area contributed by atoms with Crippen molar-refractivity contribution >= 4 is 12.1 Å². The van der Waals surface area contributed by atoms with Crippen LogP contribution in [0.15, 0.2) is 27.9 Å². The first-order chi connectivity index (χ1) is 10.7. The molecule has 0 aliphatic heterocycles. The summed E-state index contributed by atoms with van der Waals surface area (Å²) in [4.78, 5) is 10.1. The van der Waals surface area contributed by atoms with Gasteiger partial charge in [0.2, 0.25) is 0 Å². The summed E-state index contributed by atoms with van der Waals surface area (Å²) in [5, 5.41) is 27.1. The van der Waals surface area contributed by atoms with Gasteiger partial charge in [-0.15, -0.1) is 0 Å². The lowest BCUT2D eigenvalue weighted by atomic mass is 9.96. The molecule has 0 amide bonds. The zero-order valence-electron chi connectivity index (χ0n) is 11.9. The maximum Gasteiger partial charge on any atom is 0.433 e. The van der Waals surface area contributed by atoms with Crippen LogP contribution in [0.1, 0.15) is 43.7 Å². The van der Waals surface area contributed by atoms with Crippen molar-refractivity contribution in [2.75, 3.05) is 0 Å². The lowest BCUT2D eigenvalue weighted by Gasteiger charge is -2.21. The van der Waals surface area contributed by atoms with Crippen molar-refractivity contribution in [2.24, 2.45) is 5.16 Å². The van der Waals surface area contributed by atoms with Crippen molar-refractivity contribution in [2.45, 2.75) is 38.1 Å². The number of hydrogen-bond donors (Lipinski definition) is 1. The van der Waals surface area contributed by atoms with Gasteiger partial charge in [-0.3, -0.25) is 14.8 Å². The lowest BCUT2D eigenvalue weighted by Crippen LogP contribution is -2.13. The van der Waals surface area contributed by atoms with E-state index in [4.69, 9.17) is 9.62 Å². The van der Waals surface area contributed by atoms with E-state index in [1.54, 1.807) is 6.20 Å². The summed E-state index contributed by atoms with van der Waals surface area (Å²) in [5.74, 6) is -0.0507. The van der Waals surface area contributed by atoms with E-state index in [0.29, 0.717) is 17.3 Å². The molecule has 8 heteroatoms. The predicted molar refractivity (Wildman–Crippen MR) is 78.1 cm³/mol. The summed E-state index contributed by atoms with van der Waals surface area (Å²) in [6, 6.07) is 3.09. The molecule has 1 N–H and O–H groups in total. The summed E-state index contributed by atoms with van der Waals surface area (Å²) in [7, 11) is 0. The summed E-state index contributed by atoms with van der Waals surface area (Å²) in [6.45, 7) is 0. The van der Waals surface area contributed by atoms with Gasteiger partial charge in [-0.05, 0) is 18.9 Å². The van der Waals surface area contributed by atoms with Crippen LogP contribution in [0.5, 0.6) is 0 Å². The van der Waals surface area contributed by atoms with Crippen LogP contribution in [-0.4, -0.2) is 26.1 Å². The molecule has 22 heavy (non-hydrogen) atoms. The van der Waals surface area contributed by atoms with Gasteiger partial charge < -0.3 is 9.62 Å². The first-order valence-electron chi connectivity index (χ1n) is 7.20. The molecule has 0 atom stereocenters. The minimum absolute atomic E-state index is 0.288. The van der Waals surface area contributed by atoms with Crippen molar-refractivity contribution in [3.63, 3.8) is 0 Å². The van der Waals surface area contributed by atoms with Crippen LogP contribution in [0.4, 0.5) is 5.88 Å². The highest BCUT2D eigenvalue weighted by molar-refractivity contribution is 5.87. The molecule has 0 saturated heterocycles. The van der Waals surface area contributed by atoms with Gasteiger partial charge in [-0.1, -0.05) is 24.4 Å². The Bertz CT molecular complexity index is 698. The minimum Gasteiger partial charge on any atom is -0.411 e. The Kier molecular flexibility index (Phi) is 3.90. The van der Waals surface area contributed by atoms with E-state index >= 15 is 0 Å². The van der Waals surface area contributed by atoms with Crippen LogP contribution in [0.3, 0.4) is 0 Å². The van der Waals surface area contributed by atoms with Gasteiger partial charge in [0.15, 0.2) is 5.76 Å². The number of hydrogen-bond acceptors (Lipinski definition) is 6. The van der Waals surface area contributed by atoms with Crippen LogP contribution < -0.4 is 0 Å². The average molecular weight is 304 g/mol. The Hall–Kier alpha value is -2.64. The summed E-state index contributed by atoms with van der Waals surface area (Å²) < 4.78 is 7.05. The molecule has 2 aromatic heterocycles. The van der Waals surface area contributed by atoms with Gasteiger partial charge >= 0.3 is 5.88 Å². The van der Waals surface area contributed by atoms with Gasteiger partial charge in [0, 0.05) is 11.8 Å². The molecule has 2 heterocycles. The van der Waals surface area contributed by atoms with Crippen LogP contribution in [0.2, 0.25) is 0 Å². The second-order valence-corrected chi connectivity index (χ2v) is 5.34. The number of nitrogens with zero attached hydrogens (tertiary/aromatic N) is 4. The molecule has 0 bridgehead atoms. The first kappa shape index (κ1) is 14.3. The number of furan rings is 1. The second-order valence-electron chi connectivity index (χ2n) is 5.34. The molecular weight excluding hydrogens is 288 g/mol. The van der Waals surface area contributed by atoms with Crippen molar-refractivity contribution in [3.8, 4) is 11.5 Å². The fraction of sp³-hybridized carbons (Fsp3) is 0.429. The largest absolute Gasteiger partial charge is 0.433 e. The normalized spacial score (nSPS) is 16.4. The van der Waals surface area contributed by atoms with Gasteiger partial charge in [0.25, 0.3) is 0 Å². The maximum absolute atomic E-state index is 10.7. The van der Waals surface area contributed by atoms with Crippen LogP contribution in [0.25, 0.3) is 11.5 Å². The Morgan fingerprint density at radius 1 is 1.41 bits per heavy atom. The van der Waals surface area contributed by atoms with Gasteiger partial charge in [-0.2, -0.15) is 5.10 Å². The minimum atomic E-state index is -0.596. The van der Waals surface area contributed by atoms with Crippen LogP contribution in [-0.2, 0) is 0 Å². The highest BCUT2D eigenvalue weighted by Gasteiger charge is 2.22. The third-order valence-electron chi connectivity index (χ3n) is 3.91. The second kappa shape index (κ2) is 6.00. The zero-order chi connectivity index (χ0) is 15.5. The number of aromatic nitrogens is 2. The van der Waals surface area contributed by atoms with E-state index in [2.05, 4.69) is 10.3 Å².